The van der Waals surface area contributed by atoms with Crippen molar-refractivity contribution in [3.05, 3.63) is 59.7 Å². The molecule has 1 saturated heterocycles. The molecule has 0 bridgehead atoms. The molecule has 2 aromatic rings. The second-order valence-corrected chi connectivity index (χ2v) is 10.8. The van der Waals surface area contributed by atoms with Crippen LogP contribution in [0.25, 0.3) is 0 Å². The maximum absolute atomic E-state index is 13.0. The number of halogens is 1. The van der Waals surface area contributed by atoms with Crippen LogP contribution >= 0.6 is 11.6 Å². The molecule has 0 N–H and O–H groups in total. The van der Waals surface area contributed by atoms with Gasteiger partial charge in [0, 0.05) is 13.0 Å². The molecular weight excluding hydrogens is 438 g/mol. The lowest BCUT2D eigenvalue weighted by Crippen LogP contribution is -2.39. The van der Waals surface area contributed by atoms with E-state index in [-0.39, 0.29) is 22.8 Å². The Bertz CT molecular complexity index is 1110. The highest BCUT2D eigenvalue weighted by Gasteiger charge is 2.45. The first-order valence-electron chi connectivity index (χ1n) is 8.78. The van der Waals surface area contributed by atoms with Gasteiger partial charge in [0.15, 0.2) is 0 Å². The maximum Gasteiger partial charge on any atom is 0.297 e. The predicted molar refractivity (Wildman–Crippen MR) is 108 cm³/mol. The molecule has 0 spiro atoms. The highest BCUT2D eigenvalue weighted by Crippen LogP contribution is 2.31. The first kappa shape index (κ1) is 21.9. The molecule has 29 heavy (non-hydrogen) atoms. The van der Waals surface area contributed by atoms with Crippen LogP contribution in [-0.2, 0) is 29.1 Å². The molecule has 0 aliphatic carbocycles. The third-order valence-electron chi connectivity index (χ3n) is 4.68. The number of hydrogen-bond donors (Lipinski definition) is 0. The van der Waals surface area contributed by atoms with Gasteiger partial charge in [-0.2, -0.15) is 12.7 Å². The predicted octanol–water partition coefficient (Wildman–Crippen LogP) is 2.61. The lowest BCUT2D eigenvalue weighted by molar-refractivity contribution is -0.114. The minimum absolute atomic E-state index is 0.00643. The molecule has 1 heterocycles. The van der Waals surface area contributed by atoms with Crippen LogP contribution in [-0.4, -0.2) is 45.1 Å². The van der Waals surface area contributed by atoms with Gasteiger partial charge in [0.2, 0.25) is 15.3 Å². The first-order valence-corrected chi connectivity index (χ1v) is 12.0. The van der Waals surface area contributed by atoms with E-state index in [9.17, 15) is 21.6 Å². The smallest absolute Gasteiger partial charge is 0.279 e. The van der Waals surface area contributed by atoms with Crippen molar-refractivity contribution < 1.29 is 25.8 Å². The lowest BCUT2D eigenvalue weighted by atomic mass is 10.2. The van der Waals surface area contributed by atoms with Crippen molar-refractivity contribution in [2.45, 2.75) is 42.2 Å². The minimum Gasteiger partial charge on any atom is -0.279 e. The SMILES string of the molecule is Cc1ccc(S(=O)(=O)O[C@@H]2C[C@@H](C(=O)Cl)N(S(=O)(=O)c3ccc(C)cc3)C2)cc1. The molecule has 10 heteroatoms. The monoisotopic (exact) mass is 457 g/mol. The van der Waals surface area contributed by atoms with Crippen molar-refractivity contribution >= 4 is 37.0 Å². The molecule has 7 nitrogen and oxygen atoms in total. The number of carbonyl (C=O) groups excluding carboxylic acids is 1. The number of hydrogen-bond acceptors (Lipinski definition) is 6. The van der Waals surface area contributed by atoms with Crippen LogP contribution in [0.15, 0.2) is 58.3 Å². The number of carbonyl (C=O) groups is 1. The third kappa shape index (κ3) is 4.70. The molecular formula is C19H20ClNO6S2. The summed E-state index contributed by atoms with van der Waals surface area (Å²) in [5, 5.41) is -0.889. The van der Waals surface area contributed by atoms with Gasteiger partial charge in [-0.05, 0) is 49.7 Å². The fourth-order valence-corrected chi connectivity index (χ4v) is 6.07. The van der Waals surface area contributed by atoms with Crippen LogP contribution < -0.4 is 0 Å². The fourth-order valence-electron chi connectivity index (χ4n) is 3.10. The molecule has 0 aromatic heterocycles. The van der Waals surface area contributed by atoms with Gasteiger partial charge in [-0.1, -0.05) is 35.4 Å². The summed E-state index contributed by atoms with van der Waals surface area (Å²) in [6, 6.07) is 11.0. The van der Waals surface area contributed by atoms with Crippen LogP contribution in [0.4, 0.5) is 0 Å². The number of rotatable bonds is 6. The highest BCUT2D eigenvalue weighted by atomic mass is 35.5. The molecule has 1 fully saturated rings. The average Bonchev–Trinajstić information content (AvgIpc) is 3.07. The van der Waals surface area contributed by atoms with Gasteiger partial charge >= 0.3 is 0 Å². The Hall–Kier alpha value is -1.78. The van der Waals surface area contributed by atoms with E-state index < -0.39 is 37.5 Å². The van der Waals surface area contributed by atoms with Gasteiger partial charge in [-0.15, -0.1) is 0 Å². The van der Waals surface area contributed by atoms with Gasteiger partial charge in [-0.3, -0.25) is 8.98 Å². The van der Waals surface area contributed by atoms with Crippen LogP contribution in [0.1, 0.15) is 17.5 Å². The number of sulfonamides is 1. The second-order valence-electron chi connectivity index (χ2n) is 6.93. The van der Waals surface area contributed by atoms with Gasteiger partial charge in [0.05, 0.1) is 15.9 Å². The van der Waals surface area contributed by atoms with E-state index in [0.717, 1.165) is 15.4 Å². The fraction of sp³-hybridized carbons (Fsp3) is 0.316. The van der Waals surface area contributed by atoms with Crippen LogP contribution in [0, 0.1) is 13.8 Å². The summed E-state index contributed by atoms with van der Waals surface area (Å²) in [4.78, 5) is 11.8. The van der Waals surface area contributed by atoms with E-state index in [2.05, 4.69) is 0 Å². The van der Waals surface area contributed by atoms with Gasteiger partial charge in [-0.25, -0.2) is 8.42 Å². The van der Waals surface area contributed by atoms with Crippen molar-refractivity contribution in [3.8, 4) is 0 Å². The molecule has 1 aliphatic heterocycles. The summed E-state index contributed by atoms with van der Waals surface area (Å²) in [6.07, 6.45) is -1.19. The number of nitrogens with zero attached hydrogens (tertiary/aromatic N) is 1. The second kappa shape index (κ2) is 8.16. The zero-order chi connectivity index (χ0) is 21.4. The highest BCUT2D eigenvalue weighted by molar-refractivity contribution is 7.89. The molecule has 0 radical (unpaired) electrons. The van der Waals surface area contributed by atoms with Crippen molar-refractivity contribution in [2.24, 2.45) is 0 Å². The summed E-state index contributed by atoms with van der Waals surface area (Å²) in [6.45, 7) is 3.33. The Morgan fingerprint density at radius 2 is 1.41 bits per heavy atom. The zero-order valence-corrected chi connectivity index (χ0v) is 18.2. The van der Waals surface area contributed by atoms with E-state index in [4.69, 9.17) is 15.8 Å². The van der Waals surface area contributed by atoms with E-state index in [1.54, 1.807) is 24.3 Å². The summed E-state index contributed by atoms with van der Waals surface area (Å²) in [7, 11) is -8.18. The Balaban J connectivity index is 1.86. The topological polar surface area (TPSA) is 97.8 Å². The summed E-state index contributed by atoms with van der Waals surface area (Å²) < 4.78 is 57.2. The van der Waals surface area contributed by atoms with Crippen LogP contribution in [0.5, 0.6) is 0 Å². The average molecular weight is 458 g/mol. The zero-order valence-electron chi connectivity index (χ0n) is 15.8. The van der Waals surface area contributed by atoms with E-state index >= 15 is 0 Å². The Morgan fingerprint density at radius 3 is 1.90 bits per heavy atom. The van der Waals surface area contributed by atoms with Gasteiger partial charge < -0.3 is 0 Å². The Morgan fingerprint density at radius 1 is 0.931 bits per heavy atom. The van der Waals surface area contributed by atoms with Crippen LogP contribution in [0.2, 0.25) is 0 Å². The molecule has 0 saturated carbocycles. The molecule has 2 atom stereocenters. The lowest BCUT2D eigenvalue weighted by Gasteiger charge is -2.21. The summed E-state index contributed by atoms with van der Waals surface area (Å²) in [5.74, 6) is 0. The van der Waals surface area contributed by atoms with E-state index in [0.29, 0.717) is 0 Å². The van der Waals surface area contributed by atoms with Crippen molar-refractivity contribution in [3.63, 3.8) is 0 Å². The van der Waals surface area contributed by atoms with Crippen molar-refractivity contribution in [1.29, 1.82) is 0 Å². The van der Waals surface area contributed by atoms with E-state index in [1.807, 2.05) is 13.8 Å². The molecule has 0 unspecified atom stereocenters. The third-order valence-corrected chi connectivity index (χ3v) is 8.20. The van der Waals surface area contributed by atoms with E-state index in [1.165, 1.54) is 24.3 Å². The van der Waals surface area contributed by atoms with Gasteiger partial charge in [0.25, 0.3) is 10.1 Å². The number of benzene rings is 2. The minimum atomic E-state index is -4.12. The summed E-state index contributed by atoms with van der Waals surface area (Å²) in [5.41, 5.74) is 1.76. The first-order chi connectivity index (χ1) is 13.5. The maximum atomic E-state index is 13.0. The van der Waals surface area contributed by atoms with Gasteiger partial charge in [0.1, 0.15) is 6.04 Å². The number of aryl methyl sites for hydroxylation is 2. The molecule has 2 aromatic carbocycles. The summed E-state index contributed by atoms with van der Waals surface area (Å²) >= 11 is 5.62. The van der Waals surface area contributed by atoms with Crippen molar-refractivity contribution in [1.82, 2.24) is 4.31 Å². The standard InChI is InChI=1S/C19H20ClNO6S2/c1-13-3-7-16(8-4-13)28(23,24)21-12-15(11-18(21)19(20)22)27-29(25,26)17-9-5-14(2)6-10-17/h3-10,15,18H,11-12H2,1-2H3/t15-,18+/m1/s1. The molecule has 3 rings (SSSR count). The quantitative estimate of drug-likeness (QED) is 0.488. The van der Waals surface area contributed by atoms with Crippen molar-refractivity contribution in [2.75, 3.05) is 6.54 Å². The Labute approximate surface area is 175 Å². The molecule has 0 amide bonds. The normalized spacial score (nSPS) is 20.7. The largest absolute Gasteiger partial charge is 0.297 e. The van der Waals surface area contributed by atoms with Crippen LogP contribution in [0.3, 0.4) is 0 Å². The molecule has 1 aliphatic rings. The molecule has 156 valence electrons. The Kier molecular flexibility index (Phi) is 6.16.